The Bertz CT molecular complexity index is 528. The van der Waals surface area contributed by atoms with E-state index in [1.807, 2.05) is 17.1 Å². The van der Waals surface area contributed by atoms with Gasteiger partial charge in [0, 0.05) is 0 Å². The van der Waals surface area contributed by atoms with Gasteiger partial charge in [0.2, 0.25) is 0 Å². The fraction of sp³-hybridized carbons (Fsp3) is 0.556. The molecule has 0 fully saturated rings. The van der Waals surface area contributed by atoms with E-state index in [0.717, 1.165) is 0 Å². The molecular formula is C18H35Cl2HfSi3. The number of hydrogen-bond acceptors (Lipinski definition) is 0. The SMILES string of the molecule is C[SiH](C)[Hf]([C]1=C([Si](C)(C)C)C=CC1)[C]1=C([Si](C)(C)C)C=CC1.Cl.Cl. The number of hydrogen-bond donors (Lipinski definition) is 0. The third-order valence-electron chi connectivity index (χ3n) is 4.71. The van der Waals surface area contributed by atoms with Crippen LogP contribution in [0.3, 0.4) is 0 Å². The van der Waals surface area contributed by atoms with Crippen LogP contribution in [0.4, 0.5) is 0 Å². The first-order valence-electron chi connectivity index (χ1n) is 8.71. The molecule has 0 aromatic heterocycles. The zero-order valence-electron chi connectivity index (χ0n) is 16.6. The number of rotatable bonds is 5. The van der Waals surface area contributed by atoms with E-state index in [2.05, 4.69) is 76.7 Å². The molecule has 0 aromatic carbocycles. The zero-order valence-corrected chi connectivity index (χ0v) is 25.0. The molecule has 0 aliphatic heterocycles. The summed E-state index contributed by atoms with van der Waals surface area (Å²) >= 11 is -1.78. The van der Waals surface area contributed by atoms with E-state index >= 15 is 0 Å². The molecule has 0 aromatic rings. The molecule has 0 heterocycles. The predicted octanol–water partition coefficient (Wildman–Crippen LogP) is 6.61. The zero-order chi connectivity index (χ0) is 16.7. The van der Waals surface area contributed by atoms with Crippen molar-refractivity contribution in [1.29, 1.82) is 0 Å². The van der Waals surface area contributed by atoms with E-state index in [1.54, 1.807) is 0 Å². The quantitative estimate of drug-likeness (QED) is 0.319. The summed E-state index contributed by atoms with van der Waals surface area (Å²) in [5, 5.41) is 3.70. The molecule has 137 valence electrons. The van der Waals surface area contributed by atoms with Crippen LogP contribution in [0.1, 0.15) is 12.8 Å². The van der Waals surface area contributed by atoms with Gasteiger partial charge in [-0.15, -0.1) is 24.8 Å². The summed E-state index contributed by atoms with van der Waals surface area (Å²) in [6.45, 7) is 20.6. The van der Waals surface area contributed by atoms with Gasteiger partial charge in [-0.2, -0.15) is 0 Å². The summed E-state index contributed by atoms with van der Waals surface area (Å²) in [5.41, 5.74) is 0. The van der Waals surface area contributed by atoms with Gasteiger partial charge in [-0.1, -0.05) is 0 Å². The van der Waals surface area contributed by atoms with E-state index in [1.165, 1.54) is 12.8 Å². The molecule has 2 rings (SSSR count). The molecular weight excluding hydrogens is 550 g/mol. The number of halogens is 2. The monoisotopic (exact) mass is 585 g/mol. The summed E-state index contributed by atoms with van der Waals surface area (Å²) in [6.07, 6.45) is 12.7. The molecule has 2 aliphatic rings. The largest absolute Gasteiger partial charge is 0.147 e. The summed E-state index contributed by atoms with van der Waals surface area (Å²) in [4.78, 5) is 0. The molecule has 0 spiro atoms. The first kappa shape index (κ1) is 25.1. The Hall–Kier alpha value is 1.06. The minimum atomic E-state index is -1.78. The average Bonchev–Trinajstić information content (AvgIpc) is 2.95. The van der Waals surface area contributed by atoms with Gasteiger partial charge < -0.3 is 0 Å². The summed E-state index contributed by atoms with van der Waals surface area (Å²) in [7, 11) is -2.36. The first-order valence-corrected chi connectivity index (χ1v) is 28.4. The van der Waals surface area contributed by atoms with E-state index in [-0.39, 0.29) is 24.8 Å². The van der Waals surface area contributed by atoms with Gasteiger partial charge in [-0.3, -0.25) is 0 Å². The van der Waals surface area contributed by atoms with Gasteiger partial charge in [0.15, 0.2) is 0 Å². The van der Waals surface area contributed by atoms with Gasteiger partial charge in [0.05, 0.1) is 0 Å². The van der Waals surface area contributed by atoms with E-state index in [0.29, 0.717) is 0 Å². The summed E-state index contributed by atoms with van der Waals surface area (Å²) in [6, 6.07) is 0. The summed E-state index contributed by atoms with van der Waals surface area (Å²) < 4.78 is 4.06. The molecule has 0 radical (unpaired) electrons. The van der Waals surface area contributed by atoms with Crippen molar-refractivity contribution in [3.05, 3.63) is 41.4 Å². The maximum absolute atomic E-state index is 2.66. The topological polar surface area (TPSA) is 0 Å². The van der Waals surface area contributed by atoms with Crippen molar-refractivity contribution in [3.8, 4) is 0 Å². The predicted molar refractivity (Wildman–Crippen MR) is 122 cm³/mol. The molecule has 6 heteroatoms. The first-order chi connectivity index (χ1) is 10.0. The van der Waals surface area contributed by atoms with Crippen LogP contribution in [0.5, 0.6) is 0 Å². The molecule has 2 aliphatic carbocycles. The van der Waals surface area contributed by atoms with Crippen LogP contribution in [0, 0.1) is 0 Å². The van der Waals surface area contributed by atoms with Crippen molar-refractivity contribution >= 4 is 46.9 Å². The van der Waals surface area contributed by atoms with Crippen LogP contribution in [-0.2, 0) is 20.6 Å². The van der Waals surface area contributed by atoms with Crippen LogP contribution in [-0.4, -0.2) is 22.1 Å². The Balaban J connectivity index is 0.00000264. The second-order valence-electron chi connectivity index (χ2n) is 9.07. The van der Waals surface area contributed by atoms with Crippen molar-refractivity contribution < 1.29 is 20.6 Å². The van der Waals surface area contributed by atoms with Crippen molar-refractivity contribution in [1.82, 2.24) is 0 Å². The average molecular weight is 585 g/mol. The maximum Gasteiger partial charge on any atom is -0.147 e. The van der Waals surface area contributed by atoms with Gasteiger partial charge in [-0.05, 0) is 0 Å². The van der Waals surface area contributed by atoms with Gasteiger partial charge >= 0.3 is 149 Å². The Morgan fingerprint density at radius 2 is 1.08 bits per heavy atom. The fourth-order valence-electron chi connectivity index (χ4n) is 3.80. The van der Waals surface area contributed by atoms with Crippen molar-refractivity contribution in [2.75, 3.05) is 0 Å². The Labute approximate surface area is 172 Å². The van der Waals surface area contributed by atoms with Crippen molar-refractivity contribution in [2.24, 2.45) is 0 Å². The van der Waals surface area contributed by atoms with Crippen LogP contribution in [0.25, 0.3) is 0 Å². The Morgan fingerprint density at radius 3 is 1.33 bits per heavy atom. The molecule has 0 atom stereocenters. The molecule has 0 N–H and O–H groups in total. The van der Waals surface area contributed by atoms with Crippen LogP contribution in [0.15, 0.2) is 41.4 Å². The second-order valence-corrected chi connectivity index (χ2v) is 45.9. The summed E-state index contributed by atoms with van der Waals surface area (Å²) in [5.74, 6) is -0.551. The van der Waals surface area contributed by atoms with Crippen molar-refractivity contribution in [3.63, 3.8) is 0 Å². The van der Waals surface area contributed by atoms with Crippen LogP contribution >= 0.6 is 24.8 Å². The third kappa shape index (κ3) is 5.53. The Morgan fingerprint density at radius 1 is 0.750 bits per heavy atom. The third-order valence-corrected chi connectivity index (χ3v) is 38.1. The van der Waals surface area contributed by atoms with E-state index < -0.39 is 42.7 Å². The molecule has 0 bridgehead atoms. The van der Waals surface area contributed by atoms with E-state index in [9.17, 15) is 0 Å². The maximum atomic E-state index is 2.66. The molecule has 0 unspecified atom stereocenters. The smallest absolute Gasteiger partial charge is 0.147 e. The number of allylic oxidation sites excluding steroid dienone is 8. The second kappa shape index (κ2) is 9.32. The minimum absolute atomic E-state index is 0. The molecule has 0 saturated carbocycles. The molecule has 0 saturated heterocycles. The van der Waals surface area contributed by atoms with E-state index in [4.69, 9.17) is 0 Å². The van der Waals surface area contributed by atoms with Crippen LogP contribution < -0.4 is 0 Å². The van der Waals surface area contributed by atoms with Gasteiger partial charge in [0.1, 0.15) is 0 Å². The fourth-order valence-corrected chi connectivity index (χ4v) is 47.0. The molecule has 0 amide bonds. The Kier molecular flexibility index (Phi) is 9.73. The van der Waals surface area contributed by atoms with Gasteiger partial charge in [0.25, 0.3) is 0 Å². The van der Waals surface area contributed by atoms with Crippen molar-refractivity contribution in [2.45, 2.75) is 65.2 Å². The molecule has 0 nitrogen and oxygen atoms in total. The standard InChI is InChI=1S/2C8H13Si.C2H7Si.2ClH.Hf/c2*1-9(2,3)8-6-4-5-7-8;1-3-2;;;/h2*4,6H,5H2,1-3H3;3H,1-2H3;2*1H;. The van der Waals surface area contributed by atoms with Crippen LogP contribution in [0.2, 0.25) is 52.4 Å². The van der Waals surface area contributed by atoms with Gasteiger partial charge in [-0.25, -0.2) is 0 Å². The normalized spacial score (nSPS) is 17.5. The minimum Gasteiger partial charge on any atom is -0.147 e. The molecule has 24 heavy (non-hydrogen) atoms.